The molecule has 0 aliphatic rings. The molecule has 18 heavy (non-hydrogen) atoms. The van der Waals surface area contributed by atoms with Gasteiger partial charge < -0.3 is 5.11 Å². The van der Waals surface area contributed by atoms with E-state index < -0.39 is 11.6 Å². The molecule has 0 saturated carbocycles. The normalized spacial score (nSPS) is 10.7. The van der Waals surface area contributed by atoms with E-state index in [2.05, 4.69) is 0 Å². The van der Waals surface area contributed by atoms with E-state index in [9.17, 15) is 8.78 Å². The lowest BCUT2D eigenvalue weighted by Gasteiger charge is -2.08. The van der Waals surface area contributed by atoms with E-state index in [1.165, 1.54) is 12.1 Å². The molecule has 0 unspecified atom stereocenters. The topological polar surface area (TPSA) is 20.2 Å². The minimum Gasteiger partial charge on any atom is -0.396 e. The molecule has 0 aromatic heterocycles. The molecule has 4 heteroatoms. The van der Waals surface area contributed by atoms with Crippen molar-refractivity contribution < 1.29 is 13.9 Å². The van der Waals surface area contributed by atoms with E-state index in [0.717, 1.165) is 11.6 Å². The van der Waals surface area contributed by atoms with Crippen molar-refractivity contribution >= 4 is 11.6 Å². The summed E-state index contributed by atoms with van der Waals surface area (Å²) in [5.74, 6) is -1.82. The summed E-state index contributed by atoms with van der Waals surface area (Å²) in [5, 5.41) is 9.23. The number of rotatable bonds is 3. The average molecular weight is 269 g/mol. The molecule has 0 bridgehead atoms. The molecule has 0 amide bonds. The smallest absolute Gasteiger partial charge is 0.166 e. The van der Waals surface area contributed by atoms with Crippen molar-refractivity contribution in [2.45, 2.75) is 6.42 Å². The maximum atomic E-state index is 13.7. The van der Waals surface area contributed by atoms with Gasteiger partial charge in [-0.15, -0.1) is 0 Å². The van der Waals surface area contributed by atoms with Gasteiger partial charge in [-0.05, 0) is 30.2 Å². The van der Waals surface area contributed by atoms with Crippen molar-refractivity contribution in [3.8, 4) is 11.1 Å². The summed E-state index contributed by atoms with van der Waals surface area (Å²) in [5.41, 5.74) is 1.37. The molecule has 94 valence electrons. The Morgan fingerprint density at radius 3 is 2.56 bits per heavy atom. The van der Waals surface area contributed by atoms with E-state index in [4.69, 9.17) is 16.7 Å². The predicted molar refractivity (Wildman–Crippen MR) is 67.6 cm³/mol. The fourth-order valence-electron chi connectivity index (χ4n) is 1.78. The van der Waals surface area contributed by atoms with Gasteiger partial charge in [0.15, 0.2) is 11.6 Å². The molecule has 0 radical (unpaired) electrons. The van der Waals surface area contributed by atoms with Gasteiger partial charge in [0.1, 0.15) is 0 Å². The summed E-state index contributed by atoms with van der Waals surface area (Å²) in [4.78, 5) is 0. The predicted octanol–water partition coefficient (Wildman–Crippen LogP) is 3.82. The van der Waals surface area contributed by atoms with E-state index >= 15 is 0 Å². The van der Waals surface area contributed by atoms with Gasteiger partial charge in [-0.2, -0.15) is 0 Å². The van der Waals surface area contributed by atoms with Gasteiger partial charge in [-0.25, -0.2) is 8.78 Å². The van der Waals surface area contributed by atoms with E-state index in [-0.39, 0.29) is 12.2 Å². The lowest BCUT2D eigenvalue weighted by molar-refractivity contribution is 0.299. The van der Waals surface area contributed by atoms with Crippen LogP contribution in [0.4, 0.5) is 8.78 Å². The number of hydrogen-bond acceptors (Lipinski definition) is 1. The van der Waals surface area contributed by atoms with Crippen molar-refractivity contribution in [3.63, 3.8) is 0 Å². The Balaban J connectivity index is 2.55. The zero-order valence-electron chi connectivity index (χ0n) is 9.46. The average Bonchev–Trinajstić information content (AvgIpc) is 2.36. The van der Waals surface area contributed by atoms with Gasteiger partial charge in [0.2, 0.25) is 0 Å². The second-order valence-corrected chi connectivity index (χ2v) is 4.30. The first-order chi connectivity index (χ1) is 8.63. The van der Waals surface area contributed by atoms with Crippen LogP contribution in [0.5, 0.6) is 0 Å². The van der Waals surface area contributed by atoms with Crippen molar-refractivity contribution in [1.82, 2.24) is 0 Å². The van der Waals surface area contributed by atoms with Gasteiger partial charge >= 0.3 is 0 Å². The molecule has 0 atom stereocenters. The number of hydrogen-bond donors (Lipinski definition) is 1. The Bertz CT molecular complexity index is 570. The fraction of sp³-hybridized carbons (Fsp3) is 0.143. The van der Waals surface area contributed by atoms with Crippen LogP contribution < -0.4 is 0 Å². The van der Waals surface area contributed by atoms with E-state index in [1.54, 1.807) is 18.2 Å². The van der Waals surface area contributed by atoms with Crippen molar-refractivity contribution in [3.05, 3.63) is 58.6 Å². The first-order valence-electron chi connectivity index (χ1n) is 5.47. The van der Waals surface area contributed by atoms with Crippen LogP contribution in [0.15, 0.2) is 36.4 Å². The van der Waals surface area contributed by atoms with Gasteiger partial charge in [-0.1, -0.05) is 29.8 Å². The van der Waals surface area contributed by atoms with Crippen molar-refractivity contribution in [2.75, 3.05) is 6.61 Å². The van der Waals surface area contributed by atoms with Crippen LogP contribution in [-0.4, -0.2) is 11.7 Å². The van der Waals surface area contributed by atoms with Crippen LogP contribution in [0.2, 0.25) is 5.02 Å². The van der Waals surface area contributed by atoms with Crippen LogP contribution in [0.1, 0.15) is 5.56 Å². The Hall–Kier alpha value is -1.45. The molecule has 2 aromatic rings. The zero-order chi connectivity index (χ0) is 13.1. The Labute approximate surface area is 109 Å². The summed E-state index contributed by atoms with van der Waals surface area (Å²) in [6.07, 6.45) is 0.446. The summed E-state index contributed by atoms with van der Waals surface area (Å²) < 4.78 is 26.9. The third kappa shape index (κ3) is 2.52. The molecule has 1 nitrogen and oxygen atoms in total. The molecule has 1 N–H and O–H groups in total. The SMILES string of the molecule is OCCc1ccc(Cl)c(-c2cccc(F)c2F)c1. The maximum Gasteiger partial charge on any atom is 0.166 e. The number of aliphatic hydroxyl groups excluding tert-OH is 1. The summed E-state index contributed by atoms with van der Waals surface area (Å²) >= 11 is 6.00. The van der Waals surface area contributed by atoms with Gasteiger partial charge in [0, 0.05) is 22.8 Å². The molecule has 0 saturated heterocycles. The lowest BCUT2D eigenvalue weighted by atomic mass is 10.0. The van der Waals surface area contributed by atoms with Crippen molar-refractivity contribution in [2.24, 2.45) is 0 Å². The van der Waals surface area contributed by atoms with Crippen LogP contribution >= 0.6 is 11.6 Å². The first-order valence-corrected chi connectivity index (χ1v) is 5.85. The van der Waals surface area contributed by atoms with Crippen LogP contribution in [-0.2, 0) is 6.42 Å². The second kappa shape index (κ2) is 5.46. The third-order valence-electron chi connectivity index (χ3n) is 2.67. The molecular weight excluding hydrogens is 258 g/mol. The van der Waals surface area contributed by atoms with Gasteiger partial charge in [-0.3, -0.25) is 0 Å². The fourth-order valence-corrected chi connectivity index (χ4v) is 1.99. The van der Waals surface area contributed by atoms with E-state index in [0.29, 0.717) is 17.0 Å². The first kappa shape index (κ1) is 13.0. The summed E-state index contributed by atoms with van der Waals surface area (Å²) in [6, 6.07) is 9.00. The monoisotopic (exact) mass is 268 g/mol. The molecule has 2 aromatic carbocycles. The highest BCUT2D eigenvalue weighted by molar-refractivity contribution is 6.33. The van der Waals surface area contributed by atoms with E-state index in [1.807, 2.05) is 0 Å². The summed E-state index contributed by atoms with van der Waals surface area (Å²) in [7, 11) is 0. The minimum absolute atomic E-state index is 0.00724. The standard InChI is InChI=1S/C14H11ClF2O/c15-12-5-4-9(6-7-18)8-11(12)10-2-1-3-13(16)14(10)17/h1-5,8,18H,6-7H2. The zero-order valence-corrected chi connectivity index (χ0v) is 10.2. The molecule has 0 aliphatic heterocycles. The van der Waals surface area contributed by atoms with Gasteiger partial charge in [0.05, 0.1) is 0 Å². The van der Waals surface area contributed by atoms with Gasteiger partial charge in [0.25, 0.3) is 0 Å². The highest BCUT2D eigenvalue weighted by atomic mass is 35.5. The molecule has 0 spiro atoms. The largest absolute Gasteiger partial charge is 0.396 e. The highest BCUT2D eigenvalue weighted by Gasteiger charge is 2.12. The van der Waals surface area contributed by atoms with Crippen molar-refractivity contribution in [1.29, 1.82) is 0 Å². The summed E-state index contributed by atoms with van der Waals surface area (Å²) in [6.45, 7) is -0.00724. The number of benzene rings is 2. The third-order valence-corrected chi connectivity index (χ3v) is 3.00. The maximum absolute atomic E-state index is 13.7. The van der Waals surface area contributed by atoms with Crippen LogP contribution in [0.25, 0.3) is 11.1 Å². The minimum atomic E-state index is -0.916. The molecule has 0 fully saturated rings. The lowest BCUT2D eigenvalue weighted by Crippen LogP contribution is -1.94. The molecule has 2 rings (SSSR count). The van der Waals surface area contributed by atoms with Crippen LogP contribution in [0.3, 0.4) is 0 Å². The second-order valence-electron chi connectivity index (χ2n) is 3.89. The highest BCUT2D eigenvalue weighted by Crippen LogP contribution is 2.31. The number of halogens is 3. The van der Waals surface area contributed by atoms with Crippen LogP contribution in [0, 0.1) is 11.6 Å². The molecular formula is C14H11ClF2O. The Morgan fingerprint density at radius 1 is 1.06 bits per heavy atom. The Kier molecular flexibility index (Phi) is 3.94. The molecule has 0 aliphatic carbocycles. The number of aliphatic hydroxyl groups is 1. The quantitative estimate of drug-likeness (QED) is 0.897. The molecule has 0 heterocycles. The Morgan fingerprint density at radius 2 is 1.83 bits per heavy atom.